The van der Waals surface area contributed by atoms with Crippen LogP contribution >= 0.6 is 0 Å². The van der Waals surface area contributed by atoms with Crippen molar-refractivity contribution < 1.29 is 37.0 Å². The molecule has 3 heterocycles. The van der Waals surface area contributed by atoms with Gasteiger partial charge in [0.05, 0.1) is 52.0 Å². The number of nitrogens with zero attached hydrogens (tertiary/aromatic N) is 2. The Morgan fingerprint density at radius 1 is 1.14 bits per heavy atom. The number of hydrogen-bond acceptors (Lipinski definition) is 6. The fourth-order valence-corrected chi connectivity index (χ4v) is 5.78. The van der Waals surface area contributed by atoms with Crippen LogP contribution in [0, 0.1) is 23.2 Å². The van der Waals surface area contributed by atoms with Crippen molar-refractivity contribution >= 4 is 23.6 Å². The Labute approximate surface area is 203 Å². The molecule has 11 heteroatoms. The molecule has 2 aromatic rings. The summed E-state index contributed by atoms with van der Waals surface area (Å²) in [6, 6.07) is 11.8. The first kappa shape index (κ1) is 23.8. The maximum Gasteiger partial charge on any atom is 0.417 e. The zero-order chi connectivity index (χ0) is 26.0. The number of benzene rings is 2. The number of nitriles is 1. The molecule has 36 heavy (non-hydrogen) atoms. The highest BCUT2D eigenvalue weighted by Crippen LogP contribution is 2.61. The number of halogens is 3. The molecule has 3 aliphatic rings. The zero-order valence-electron chi connectivity index (χ0n) is 19.1. The summed E-state index contributed by atoms with van der Waals surface area (Å²) in [5, 5.41) is 11.8. The molecule has 3 amide bonds. The lowest BCUT2D eigenvalue weighted by molar-refractivity contribution is -0.138. The van der Waals surface area contributed by atoms with Crippen LogP contribution in [-0.4, -0.2) is 35.2 Å². The van der Waals surface area contributed by atoms with E-state index in [1.807, 2.05) is 0 Å². The second-order valence-corrected chi connectivity index (χ2v) is 9.51. The van der Waals surface area contributed by atoms with Crippen molar-refractivity contribution in [2.24, 2.45) is 11.8 Å². The number of carbonyl (C=O) groups is 3. The van der Waals surface area contributed by atoms with Gasteiger partial charge in [0.1, 0.15) is 5.75 Å². The summed E-state index contributed by atoms with van der Waals surface area (Å²) in [5.74, 6) is -3.07. The number of alkyl halides is 3. The van der Waals surface area contributed by atoms with Gasteiger partial charge in [-0.2, -0.15) is 18.4 Å². The molecule has 2 unspecified atom stereocenters. The number of anilines is 1. The van der Waals surface area contributed by atoms with E-state index in [4.69, 9.17) is 14.7 Å². The number of rotatable bonds is 3. The second kappa shape index (κ2) is 7.80. The largest absolute Gasteiger partial charge is 0.417 e. The number of amides is 3. The van der Waals surface area contributed by atoms with Crippen molar-refractivity contribution in [3.8, 4) is 11.8 Å². The van der Waals surface area contributed by atoms with Gasteiger partial charge in [0, 0.05) is 6.42 Å². The van der Waals surface area contributed by atoms with Crippen LogP contribution in [0.25, 0.3) is 0 Å². The first-order valence-corrected chi connectivity index (χ1v) is 11.1. The van der Waals surface area contributed by atoms with Gasteiger partial charge in [-0.1, -0.05) is 18.2 Å². The summed E-state index contributed by atoms with van der Waals surface area (Å²) in [7, 11) is 0. The molecule has 3 aliphatic heterocycles. The number of para-hydroxylation sites is 1. The molecule has 3 saturated heterocycles. The molecule has 0 aromatic heterocycles. The third kappa shape index (κ3) is 3.44. The highest BCUT2D eigenvalue weighted by atomic mass is 19.4. The Balaban J connectivity index is 1.44. The summed E-state index contributed by atoms with van der Waals surface area (Å²) in [4.78, 5) is 40.1. The predicted octanol–water partition coefficient (Wildman–Crippen LogP) is 3.79. The lowest BCUT2D eigenvalue weighted by atomic mass is 9.66. The van der Waals surface area contributed by atoms with Crippen molar-refractivity contribution in [3.05, 3.63) is 59.7 Å². The molecule has 2 aromatic carbocycles. The van der Waals surface area contributed by atoms with Crippen molar-refractivity contribution in [3.63, 3.8) is 0 Å². The average molecular weight is 499 g/mol. The Kier molecular flexibility index (Phi) is 5.16. The van der Waals surface area contributed by atoms with Gasteiger partial charge in [-0.3, -0.25) is 9.59 Å². The van der Waals surface area contributed by atoms with E-state index in [1.165, 1.54) is 6.07 Å². The van der Waals surface area contributed by atoms with E-state index in [0.717, 1.165) is 17.0 Å². The van der Waals surface area contributed by atoms with Gasteiger partial charge in [-0.15, -0.1) is 0 Å². The van der Waals surface area contributed by atoms with Crippen LogP contribution in [0.5, 0.6) is 5.75 Å². The molecule has 1 N–H and O–H groups in total. The van der Waals surface area contributed by atoms with E-state index < -0.39 is 64.3 Å². The van der Waals surface area contributed by atoms with E-state index in [1.54, 1.807) is 44.2 Å². The highest BCUT2D eigenvalue weighted by molar-refractivity contribution is 6.23. The van der Waals surface area contributed by atoms with E-state index >= 15 is 0 Å². The number of hydrogen-bond donors (Lipinski definition) is 1. The summed E-state index contributed by atoms with van der Waals surface area (Å²) in [5.41, 5.74) is -4.56. The van der Waals surface area contributed by atoms with Crippen LogP contribution in [0.2, 0.25) is 0 Å². The number of ether oxygens (including phenoxy) is 2. The van der Waals surface area contributed by atoms with Crippen molar-refractivity contribution in [2.75, 3.05) is 4.90 Å². The van der Waals surface area contributed by atoms with E-state index in [0.29, 0.717) is 11.8 Å². The average Bonchev–Trinajstić information content (AvgIpc) is 3.33. The third-order valence-corrected chi connectivity index (χ3v) is 7.27. The monoisotopic (exact) mass is 499 g/mol. The molecular weight excluding hydrogens is 479 g/mol. The lowest BCUT2D eigenvalue weighted by Crippen LogP contribution is -2.56. The zero-order valence-corrected chi connectivity index (χ0v) is 19.1. The second-order valence-electron chi connectivity index (χ2n) is 9.51. The third-order valence-electron chi connectivity index (χ3n) is 7.27. The summed E-state index contributed by atoms with van der Waals surface area (Å²) >= 11 is 0. The lowest BCUT2D eigenvalue weighted by Gasteiger charge is -2.35. The van der Waals surface area contributed by atoms with Crippen LogP contribution in [0.3, 0.4) is 0 Å². The number of nitrogens with one attached hydrogen (secondary N) is 1. The highest BCUT2D eigenvalue weighted by Gasteiger charge is 2.76. The van der Waals surface area contributed by atoms with Gasteiger partial charge in [-0.25, -0.2) is 9.69 Å². The molecule has 8 nitrogen and oxygen atoms in total. The molecule has 0 saturated carbocycles. The van der Waals surface area contributed by atoms with Crippen LogP contribution in [0.15, 0.2) is 48.5 Å². The normalized spacial score (nSPS) is 30.8. The molecule has 0 spiro atoms. The predicted molar refractivity (Wildman–Crippen MR) is 118 cm³/mol. The minimum absolute atomic E-state index is 0.197. The number of imide groups is 1. The molecule has 5 rings (SSSR count). The van der Waals surface area contributed by atoms with Gasteiger partial charge in [0.25, 0.3) is 0 Å². The summed E-state index contributed by atoms with van der Waals surface area (Å²) in [6.45, 7) is 3.25. The van der Waals surface area contributed by atoms with Crippen molar-refractivity contribution in [1.29, 1.82) is 5.26 Å². The number of fused-ring (bicyclic) bond motifs is 5. The van der Waals surface area contributed by atoms with Gasteiger partial charge >= 0.3 is 12.3 Å². The Morgan fingerprint density at radius 2 is 1.81 bits per heavy atom. The molecule has 186 valence electrons. The fraction of sp³-hybridized carbons (Fsp3) is 0.360. The molecule has 3 fully saturated rings. The van der Waals surface area contributed by atoms with Crippen molar-refractivity contribution in [1.82, 2.24) is 5.32 Å². The van der Waals surface area contributed by atoms with Crippen LogP contribution < -0.4 is 15.0 Å². The summed E-state index contributed by atoms with van der Waals surface area (Å²) < 4.78 is 51.9. The molecule has 0 aliphatic carbocycles. The number of carbonyl (C=O) groups excluding carboxylic acids is 3. The molecule has 2 bridgehead atoms. The Morgan fingerprint density at radius 3 is 2.44 bits per heavy atom. The van der Waals surface area contributed by atoms with Gasteiger partial charge in [0.15, 0.2) is 0 Å². The van der Waals surface area contributed by atoms with Gasteiger partial charge in [0.2, 0.25) is 11.8 Å². The maximum absolute atomic E-state index is 13.5. The first-order valence-electron chi connectivity index (χ1n) is 11.1. The minimum Gasteiger partial charge on any atom is -0.410 e. The Bertz CT molecular complexity index is 1320. The minimum atomic E-state index is -4.85. The quantitative estimate of drug-likeness (QED) is 0.644. The molecular formula is C25H20F3N3O5. The molecule has 5 atom stereocenters. The van der Waals surface area contributed by atoms with Crippen LogP contribution in [0.1, 0.15) is 31.4 Å². The van der Waals surface area contributed by atoms with E-state index in [9.17, 15) is 27.6 Å². The molecule has 0 radical (unpaired) electrons. The fourth-order valence-electron chi connectivity index (χ4n) is 5.78. The van der Waals surface area contributed by atoms with Gasteiger partial charge in [-0.05, 0) is 44.2 Å². The van der Waals surface area contributed by atoms with Crippen molar-refractivity contribution in [2.45, 2.75) is 43.7 Å². The topological polar surface area (TPSA) is 109 Å². The summed E-state index contributed by atoms with van der Waals surface area (Å²) in [6.07, 6.45) is -5.42. The van der Waals surface area contributed by atoms with Crippen LogP contribution in [-0.2, 0) is 20.5 Å². The van der Waals surface area contributed by atoms with E-state index in [2.05, 4.69) is 5.32 Å². The maximum atomic E-state index is 13.5. The van der Waals surface area contributed by atoms with Gasteiger partial charge < -0.3 is 14.8 Å². The van der Waals surface area contributed by atoms with Crippen LogP contribution in [0.4, 0.5) is 23.7 Å². The van der Waals surface area contributed by atoms with E-state index in [-0.39, 0.29) is 12.1 Å². The Hall–Kier alpha value is -3.91. The standard InChI is InChI=1S/C25H20F3N3O5/c1-23-11-17(30-22(34)35-15-6-4-3-5-7-15)24(2,36-23)19-18(23)20(32)31(21(19)33)14-9-8-13(12-29)16(10-14)25(26,27)28/h3-10,17-19H,11H2,1-2H3,(H,30,34)/t17-,18-,19+,23?,24?/m0/s1. The smallest absolute Gasteiger partial charge is 0.410 e. The SMILES string of the molecule is CC12C[C@H](NC(=O)Oc3ccccc3)C(C)(O1)[C@H]1C(=O)N(c3ccc(C#N)c(C(F)(F)F)c3)C(=O)[C@H]12. The first-order chi connectivity index (χ1) is 16.9.